The normalized spacial score (nSPS) is 15.1. The highest BCUT2D eigenvalue weighted by Crippen LogP contribution is 2.38. The van der Waals surface area contributed by atoms with Gasteiger partial charge < -0.3 is 19.3 Å². The van der Waals surface area contributed by atoms with Gasteiger partial charge in [-0.3, -0.25) is 9.36 Å². The van der Waals surface area contributed by atoms with Crippen LogP contribution in [0.4, 0.5) is 18.4 Å². The lowest BCUT2D eigenvalue weighted by Gasteiger charge is -2.33. The first kappa shape index (κ1) is 55.5. The first-order valence-corrected chi connectivity index (χ1v) is 30.0. The maximum atomic E-state index is 14.4. The van der Waals surface area contributed by atoms with Crippen LogP contribution in [0.2, 0.25) is 0 Å². The van der Waals surface area contributed by atoms with E-state index in [1.54, 1.807) is 70.7 Å². The molecule has 10 aromatic rings. The van der Waals surface area contributed by atoms with E-state index in [0.29, 0.717) is 48.1 Å². The van der Waals surface area contributed by atoms with Gasteiger partial charge in [0, 0.05) is 77.4 Å². The number of carbonyl (C=O) groups excluding carboxylic acids is 2. The number of likely N-dealkylation sites (tertiary alicyclic amines) is 2. The Kier molecular flexibility index (Phi) is 14.6. The van der Waals surface area contributed by atoms with Crippen molar-refractivity contribution in [2.45, 2.75) is 100 Å². The van der Waals surface area contributed by atoms with E-state index in [0.717, 1.165) is 66.6 Å². The standard InChI is InChI=1S/2C31H31FN4O4S/c1-31(2,3)40-30(37)34-15-13-24(14-16-34)35-19-22-10-9-21(17-28(22)33-35)27-20-36(29-18-23(32)11-12-26(27)29)41(38,39)25-7-5-4-6-8-25;1-31(2,3)40-30(37)34-15-13-24(14-16-34)36-28-17-21(9-10-22(28)19-33-36)27-20-35(29-18-23(32)11-12-26(27)29)41(38,39)25-7-5-4-6-8-25/h2*4-12,17-20,24H,13-16H2,1-3H3. The fourth-order valence-corrected chi connectivity index (χ4v) is 13.5. The third kappa shape index (κ3) is 11.2. The molecular weight excluding hydrogens is 1090 g/mol. The number of fused-ring (bicyclic) bond motifs is 4. The molecule has 0 N–H and O–H groups in total. The van der Waals surface area contributed by atoms with Crippen LogP contribution in [0.15, 0.2) is 168 Å². The molecule has 0 saturated carbocycles. The summed E-state index contributed by atoms with van der Waals surface area (Å²) < 4.78 is 100. The van der Waals surface area contributed by atoms with E-state index in [2.05, 4.69) is 5.10 Å². The Morgan fingerprint density at radius 2 is 0.976 bits per heavy atom. The SMILES string of the molecule is CC(C)(C)OC(=O)N1CCC(n2cc3ccc(-c4cn(S(=O)(=O)c5ccccc5)c5cc(F)ccc45)cc3n2)CC1.CC(C)(C)OC(=O)N1CCC(n2ncc3ccc(-c4cn(S(=O)(=O)c5ccccc5)c5cc(F)ccc45)cc32)CC1. The molecule has 2 aliphatic rings. The van der Waals surface area contributed by atoms with Gasteiger partial charge in [-0.25, -0.2) is 43.2 Å². The van der Waals surface area contributed by atoms with E-state index in [-0.39, 0.29) is 45.1 Å². The number of amides is 2. The predicted molar refractivity (Wildman–Crippen MR) is 311 cm³/mol. The minimum Gasteiger partial charge on any atom is -0.444 e. The van der Waals surface area contributed by atoms with Crippen LogP contribution < -0.4 is 0 Å². The van der Waals surface area contributed by atoms with Crippen LogP contribution in [0, 0.1) is 11.6 Å². The summed E-state index contributed by atoms with van der Waals surface area (Å²) in [7, 11) is -7.91. The molecule has 20 heteroatoms. The molecule has 0 atom stereocenters. The molecule has 4 aromatic heterocycles. The predicted octanol–water partition coefficient (Wildman–Crippen LogP) is 13.2. The number of halogens is 2. The molecule has 0 bridgehead atoms. The molecule has 82 heavy (non-hydrogen) atoms. The number of hydrogen-bond acceptors (Lipinski definition) is 10. The van der Waals surface area contributed by atoms with Crippen LogP contribution in [0.25, 0.3) is 65.9 Å². The smallest absolute Gasteiger partial charge is 0.410 e. The summed E-state index contributed by atoms with van der Waals surface area (Å²) in [6, 6.07) is 36.6. The summed E-state index contributed by atoms with van der Waals surface area (Å²) in [6.45, 7) is 13.5. The second kappa shape index (κ2) is 21.5. The van der Waals surface area contributed by atoms with Crippen molar-refractivity contribution in [2.75, 3.05) is 26.2 Å². The number of benzene rings is 6. The molecule has 2 aliphatic heterocycles. The van der Waals surface area contributed by atoms with Crippen LogP contribution in [0.3, 0.4) is 0 Å². The van der Waals surface area contributed by atoms with Gasteiger partial charge in [-0.15, -0.1) is 0 Å². The Morgan fingerprint density at radius 1 is 0.524 bits per heavy atom. The molecule has 0 aliphatic carbocycles. The molecule has 6 heterocycles. The second-order valence-corrected chi connectivity index (χ2v) is 26.4. The van der Waals surface area contributed by atoms with Crippen molar-refractivity contribution >= 4 is 75.8 Å². The summed E-state index contributed by atoms with van der Waals surface area (Å²) in [5.74, 6) is -1.03. The van der Waals surface area contributed by atoms with Crippen LogP contribution in [-0.2, 0) is 29.5 Å². The number of nitrogens with zero attached hydrogens (tertiary/aromatic N) is 8. The topological polar surface area (TPSA) is 173 Å². The van der Waals surface area contributed by atoms with E-state index in [1.807, 2.05) is 99.7 Å². The summed E-state index contributed by atoms with van der Waals surface area (Å²) in [4.78, 5) is 28.7. The average molecular weight is 1150 g/mol. The van der Waals surface area contributed by atoms with Gasteiger partial charge in [0.15, 0.2) is 0 Å². The van der Waals surface area contributed by atoms with Crippen molar-refractivity contribution in [3.05, 3.63) is 170 Å². The molecule has 6 aromatic carbocycles. The Bertz CT molecular complexity index is 4280. The van der Waals surface area contributed by atoms with Gasteiger partial charge in [-0.2, -0.15) is 10.2 Å². The molecule has 2 fully saturated rings. The van der Waals surface area contributed by atoms with Crippen molar-refractivity contribution in [3.8, 4) is 22.3 Å². The number of piperidine rings is 2. The molecule has 0 radical (unpaired) electrons. The quantitative estimate of drug-likeness (QED) is 0.142. The summed E-state index contributed by atoms with van der Waals surface area (Å²) in [6.07, 6.45) is 9.32. The van der Waals surface area contributed by atoms with Crippen LogP contribution in [0.1, 0.15) is 79.3 Å². The summed E-state index contributed by atoms with van der Waals surface area (Å²) >= 11 is 0. The Labute approximate surface area is 474 Å². The van der Waals surface area contributed by atoms with Crippen molar-refractivity contribution < 1.29 is 44.7 Å². The molecule has 424 valence electrons. The number of hydrogen-bond donors (Lipinski definition) is 0. The highest BCUT2D eigenvalue weighted by molar-refractivity contribution is 7.90. The molecule has 2 amide bonds. The lowest BCUT2D eigenvalue weighted by molar-refractivity contribution is 0.0175. The van der Waals surface area contributed by atoms with Gasteiger partial charge in [-0.1, -0.05) is 60.7 Å². The van der Waals surface area contributed by atoms with Gasteiger partial charge in [0.1, 0.15) is 22.8 Å². The first-order valence-electron chi connectivity index (χ1n) is 27.2. The van der Waals surface area contributed by atoms with Crippen LogP contribution in [0.5, 0.6) is 0 Å². The minimum absolute atomic E-state index is 0.0929. The largest absolute Gasteiger partial charge is 0.444 e. The van der Waals surface area contributed by atoms with Gasteiger partial charge >= 0.3 is 12.2 Å². The highest BCUT2D eigenvalue weighted by Gasteiger charge is 2.31. The third-order valence-corrected chi connectivity index (χ3v) is 18.1. The van der Waals surface area contributed by atoms with Crippen molar-refractivity contribution in [3.63, 3.8) is 0 Å². The Morgan fingerprint density at radius 3 is 1.45 bits per heavy atom. The third-order valence-electron chi connectivity index (χ3n) is 14.8. The van der Waals surface area contributed by atoms with Gasteiger partial charge in [0.2, 0.25) is 0 Å². The van der Waals surface area contributed by atoms with E-state index in [4.69, 9.17) is 14.6 Å². The molecule has 12 rings (SSSR count). The van der Waals surface area contributed by atoms with Gasteiger partial charge in [0.05, 0.1) is 50.1 Å². The fourth-order valence-electron chi connectivity index (χ4n) is 10.8. The van der Waals surface area contributed by atoms with E-state index < -0.39 is 42.9 Å². The number of rotatable bonds is 8. The number of aromatic nitrogens is 6. The Hall–Kier alpha value is -8.36. The number of carbonyl (C=O) groups is 2. The van der Waals surface area contributed by atoms with Crippen LogP contribution >= 0.6 is 0 Å². The molecule has 2 saturated heterocycles. The summed E-state index contributed by atoms with van der Waals surface area (Å²) in [5, 5.41) is 12.7. The molecule has 0 spiro atoms. The van der Waals surface area contributed by atoms with Gasteiger partial charge in [-0.05, 0) is 151 Å². The monoisotopic (exact) mass is 1150 g/mol. The van der Waals surface area contributed by atoms with Crippen molar-refractivity contribution in [1.29, 1.82) is 0 Å². The molecule has 16 nitrogen and oxygen atoms in total. The second-order valence-electron chi connectivity index (χ2n) is 22.8. The van der Waals surface area contributed by atoms with Crippen molar-refractivity contribution in [1.82, 2.24) is 37.3 Å². The zero-order valence-corrected chi connectivity index (χ0v) is 47.9. The fraction of sp³-hybridized carbons (Fsp3) is 0.290. The minimum atomic E-state index is -3.96. The lowest BCUT2D eigenvalue weighted by atomic mass is 10.0. The zero-order chi connectivity index (χ0) is 57.9. The van der Waals surface area contributed by atoms with E-state index in [9.17, 15) is 35.2 Å². The Balaban J connectivity index is 0.000000172. The number of ether oxygens (including phenoxy) is 2. The summed E-state index contributed by atoms with van der Waals surface area (Å²) in [5.41, 5.74) is 4.06. The molecule has 0 unspecified atom stereocenters. The van der Waals surface area contributed by atoms with Gasteiger partial charge in [0.25, 0.3) is 20.0 Å². The highest BCUT2D eigenvalue weighted by atomic mass is 32.2. The maximum Gasteiger partial charge on any atom is 0.410 e. The molecular formula is C62H62F2N8O8S2. The van der Waals surface area contributed by atoms with Crippen molar-refractivity contribution in [2.24, 2.45) is 0 Å². The average Bonchev–Trinajstić information content (AvgIpc) is 3.98. The maximum absolute atomic E-state index is 14.4. The van der Waals surface area contributed by atoms with E-state index >= 15 is 0 Å². The zero-order valence-electron chi connectivity index (χ0n) is 46.2. The van der Waals surface area contributed by atoms with E-state index in [1.165, 1.54) is 48.5 Å². The first-order chi connectivity index (χ1) is 39.0. The van der Waals surface area contributed by atoms with Crippen LogP contribution in [-0.4, -0.2) is 104 Å². The lowest BCUT2D eigenvalue weighted by Crippen LogP contribution is -2.42.